The Labute approximate surface area is 106 Å². The molecule has 0 unspecified atom stereocenters. The van der Waals surface area contributed by atoms with Crippen molar-refractivity contribution in [2.75, 3.05) is 19.8 Å². The van der Waals surface area contributed by atoms with Crippen LogP contribution in [0, 0.1) is 17.6 Å². The predicted molar refractivity (Wildman–Crippen MR) is 65.4 cm³/mol. The van der Waals surface area contributed by atoms with Gasteiger partial charge in [0.2, 0.25) is 0 Å². The molecular formula is C13H19F2NO2. The molecule has 2 N–H and O–H groups in total. The van der Waals surface area contributed by atoms with Gasteiger partial charge in [-0.2, -0.15) is 0 Å². The summed E-state index contributed by atoms with van der Waals surface area (Å²) >= 11 is 0. The molecule has 0 heterocycles. The Bertz CT molecular complexity index is 360. The molecule has 0 fully saturated rings. The molecule has 0 aliphatic heterocycles. The molecule has 5 heteroatoms. The fourth-order valence-corrected chi connectivity index (χ4v) is 1.39. The van der Waals surface area contributed by atoms with Crippen LogP contribution in [0.4, 0.5) is 8.78 Å². The van der Waals surface area contributed by atoms with Gasteiger partial charge in [0.05, 0.1) is 6.61 Å². The lowest BCUT2D eigenvalue weighted by atomic mass is 10.2. The SMILES string of the molecule is CC(C)COCCOc1c(F)cc(CN)cc1F. The summed E-state index contributed by atoms with van der Waals surface area (Å²) in [5.41, 5.74) is 5.71. The summed E-state index contributed by atoms with van der Waals surface area (Å²) in [4.78, 5) is 0. The van der Waals surface area contributed by atoms with Gasteiger partial charge >= 0.3 is 0 Å². The first-order chi connectivity index (χ1) is 8.54. The van der Waals surface area contributed by atoms with E-state index >= 15 is 0 Å². The Morgan fingerprint density at radius 1 is 1.17 bits per heavy atom. The predicted octanol–water partition coefficient (Wildman–Crippen LogP) is 2.47. The van der Waals surface area contributed by atoms with Crippen molar-refractivity contribution in [1.82, 2.24) is 0 Å². The zero-order valence-corrected chi connectivity index (χ0v) is 10.7. The first kappa shape index (κ1) is 14.9. The van der Waals surface area contributed by atoms with E-state index < -0.39 is 11.6 Å². The van der Waals surface area contributed by atoms with Crippen LogP contribution in [-0.4, -0.2) is 19.8 Å². The molecule has 0 bridgehead atoms. The van der Waals surface area contributed by atoms with Crippen LogP contribution in [-0.2, 0) is 11.3 Å². The van der Waals surface area contributed by atoms with Gasteiger partial charge in [-0.25, -0.2) is 8.78 Å². The van der Waals surface area contributed by atoms with Gasteiger partial charge in [-0.05, 0) is 23.6 Å². The van der Waals surface area contributed by atoms with Crippen molar-refractivity contribution in [3.05, 3.63) is 29.3 Å². The van der Waals surface area contributed by atoms with Gasteiger partial charge < -0.3 is 15.2 Å². The standard InChI is InChI=1S/C13H19F2NO2/c1-9(2)8-17-3-4-18-13-11(14)5-10(7-16)6-12(13)15/h5-6,9H,3-4,7-8,16H2,1-2H3. The fourth-order valence-electron chi connectivity index (χ4n) is 1.39. The summed E-state index contributed by atoms with van der Waals surface area (Å²) < 4.78 is 37.2. The molecule has 0 amide bonds. The molecule has 0 aromatic heterocycles. The lowest BCUT2D eigenvalue weighted by Crippen LogP contribution is -2.12. The number of ether oxygens (including phenoxy) is 2. The molecule has 3 nitrogen and oxygen atoms in total. The van der Waals surface area contributed by atoms with Crippen LogP contribution in [0.2, 0.25) is 0 Å². The zero-order chi connectivity index (χ0) is 13.5. The maximum atomic E-state index is 13.5. The second-order valence-electron chi connectivity index (χ2n) is 4.41. The second kappa shape index (κ2) is 7.28. The van der Waals surface area contributed by atoms with E-state index in [1.165, 1.54) is 12.1 Å². The smallest absolute Gasteiger partial charge is 0.190 e. The minimum Gasteiger partial charge on any atom is -0.485 e. The van der Waals surface area contributed by atoms with Crippen LogP contribution in [0.15, 0.2) is 12.1 Å². The lowest BCUT2D eigenvalue weighted by molar-refractivity contribution is 0.0795. The van der Waals surface area contributed by atoms with Gasteiger partial charge in [-0.1, -0.05) is 13.8 Å². The van der Waals surface area contributed by atoms with Crippen molar-refractivity contribution in [2.24, 2.45) is 11.7 Å². The van der Waals surface area contributed by atoms with Gasteiger partial charge in [0, 0.05) is 13.2 Å². The van der Waals surface area contributed by atoms with Crippen LogP contribution < -0.4 is 10.5 Å². The third-order valence-electron chi connectivity index (χ3n) is 2.22. The summed E-state index contributed by atoms with van der Waals surface area (Å²) in [5, 5.41) is 0. The highest BCUT2D eigenvalue weighted by atomic mass is 19.1. The van der Waals surface area contributed by atoms with E-state index in [1.807, 2.05) is 13.8 Å². The summed E-state index contributed by atoms with van der Waals surface area (Å²) in [6.45, 7) is 5.14. The van der Waals surface area contributed by atoms with Crippen molar-refractivity contribution in [3.63, 3.8) is 0 Å². The molecule has 1 rings (SSSR count). The molecule has 0 spiro atoms. The van der Waals surface area contributed by atoms with E-state index in [4.69, 9.17) is 15.2 Å². The van der Waals surface area contributed by atoms with Crippen molar-refractivity contribution in [1.29, 1.82) is 0 Å². The van der Waals surface area contributed by atoms with E-state index in [0.29, 0.717) is 24.7 Å². The van der Waals surface area contributed by atoms with Gasteiger partial charge in [0.25, 0.3) is 0 Å². The molecule has 0 atom stereocenters. The number of hydrogen-bond acceptors (Lipinski definition) is 3. The maximum absolute atomic E-state index is 13.5. The van der Waals surface area contributed by atoms with Crippen molar-refractivity contribution in [2.45, 2.75) is 20.4 Å². The Kier molecular flexibility index (Phi) is 6.01. The van der Waals surface area contributed by atoms with Crippen molar-refractivity contribution in [3.8, 4) is 5.75 Å². The lowest BCUT2D eigenvalue weighted by Gasteiger charge is -2.10. The normalized spacial score (nSPS) is 11.0. The Balaban J connectivity index is 2.47. The van der Waals surface area contributed by atoms with Gasteiger partial charge in [0.15, 0.2) is 17.4 Å². The molecule has 1 aromatic carbocycles. The highest BCUT2D eigenvalue weighted by molar-refractivity contribution is 5.31. The Morgan fingerprint density at radius 2 is 1.78 bits per heavy atom. The number of hydrogen-bond donors (Lipinski definition) is 1. The fraction of sp³-hybridized carbons (Fsp3) is 0.538. The number of nitrogens with two attached hydrogens (primary N) is 1. The molecule has 18 heavy (non-hydrogen) atoms. The van der Waals surface area contributed by atoms with Crippen LogP contribution in [0.5, 0.6) is 5.75 Å². The quantitative estimate of drug-likeness (QED) is 0.765. The molecular weight excluding hydrogens is 240 g/mol. The first-order valence-electron chi connectivity index (χ1n) is 5.93. The van der Waals surface area contributed by atoms with E-state index in [1.54, 1.807) is 0 Å². The van der Waals surface area contributed by atoms with E-state index in [2.05, 4.69) is 0 Å². The minimum absolute atomic E-state index is 0.0889. The average molecular weight is 259 g/mol. The molecule has 0 aliphatic carbocycles. The van der Waals surface area contributed by atoms with Crippen molar-refractivity contribution >= 4 is 0 Å². The molecule has 102 valence electrons. The minimum atomic E-state index is -0.737. The summed E-state index contributed by atoms with van der Waals surface area (Å²) in [6, 6.07) is 2.35. The molecule has 1 aromatic rings. The number of halogens is 2. The van der Waals surface area contributed by atoms with E-state index in [0.717, 1.165) is 0 Å². The monoisotopic (exact) mass is 259 g/mol. The summed E-state index contributed by atoms with van der Waals surface area (Å²) in [5.74, 6) is -1.43. The Morgan fingerprint density at radius 3 is 2.28 bits per heavy atom. The molecule has 0 aliphatic rings. The second-order valence-corrected chi connectivity index (χ2v) is 4.41. The number of benzene rings is 1. The Hall–Kier alpha value is -1.20. The van der Waals surface area contributed by atoms with Crippen LogP contribution in [0.3, 0.4) is 0 Å². The molecule has 0 saturated heterocycles. The average Bonchev–Trinajstić information content (AvgIpc) is 2.31. The van der Waals surface area contributed by atoms with Crippen LogP contribution in [0.1, 0.15) is 19.4 Å². The van der Waals surface area contributed by atoms with E-state index in [-0.39, 0.29) is 18.9 Å². The topological polar surface area (TPSA) is 44.5 Å². The van der Waals surface area contributed by atoms with Gasteiger partial charge in [-0.15, -0.1) is 0 Å². The first-order valence-corrected chi connectivity index (χ1v) is 5.93. The van der Waals surface area contributed by atoms with Crippen LogP contribution >= 0.6 is 0 Å². The summed E-state index contributed by atoms with van der Waals surface area (Å²) in [6.07, 6.45) is 0. The maximum Gasteiger partial charge on any atom is 0.190 e. The third kappa shape index (κ3) is 4.58. The van der Waals surface area contributed by atoms with Crippen molar-refractivity contribution < 1.29 is 18.3 Å². The summed E-state index contributed by atoms with van der Waals surface area (Å²) in [7, 11) is 0. The highest BCUT2D eigenvalue weighted by Gasteiger charge is 2.12. The third-order valence-corrected chi connectivity index (χ3v) is 2.22. The van der Waals surface area contributed by atoms with Gasteiger partial charge in [0.1, 0.15) is 6.61 Å². The van der Waals surface area contributed by atoms with E-state index in [9.17, 15) is 8.78 Å². The number of rotatable bonds is 7. The molecule has 0 radical (unpaired) electrons. The molecule has 0 saturated carbocycles. The largest absolute Gasteiger partial charge is 0.485 e. The van der Waals surface area contributed by atoms with Gasteiger partial charge in [-0.3, -0.25) is 0 Å². The van der Waals surface area contributed by atoms with Crippen LogP contribution in [0.25, 0.3) is 0 Å². The zero-order valence-electron chi connectivity index (χ0n) is 10.7. The highest BCUT2D eigenvalue weighted by Crippen LogP contribution is 2.23.